The Balaban J connectivity index is 2.27. The fourth-order valence-electron chi connectivity index (χ4n) is 1.93. The van der Waals surface area contributed by atoms with Crippen LogP contribution in [0.15, 0.2) is 29.6 Å². The Labute approximate surface area is 112 Å². The van der Waals surface area contributed by atoms with Crippen molar-refractivity contribution in [1.82, 2.24) is 4.98 Å². The Kier molecular flexibility index (Phi) is 4.15. The number of aromatic nitrogens is 1. The molecule has 0 aliphatic heterocycles. The molecule has 0 aliphatic rings. The van der Waals surface area contributed by atoms with Gasteiger partial charge in [0.05, 0.1) is 12.3 Å². The maximum absolute atomic E-state index is 9.43. The highest BCUT2D eigenvalue weighted by molar-refractivity contribution is 7.13. The molecule has 0 spiro atoms. The monoisotopic (exact) mass is 261 g/mol. The van der Waals surface area contributed by atoms with E-state index in [1.165, 1.54) is 5.56 Å². The minimum absolute atomic E-state index is 0.139. The lowest BCUT2D eigenvalue weighted by Crippen LogP contribution is -2.11. The van der Waals surface area contributed by atoms with Gasteiger partial charge in [-0.15, -0.1) is 11.3 Å². The number of thiazole rings is 1. The summed E-state index contributed by atoms with van der Waals surface area (Å²) in [6.07, 6.45) is 0. The molecule has 1 unspecified atom stereocenters. The van der Waals surface area contributed by atoms with Crippen LogP contribution in [0.4, 0.5) is 0 Å². The standard InChI is InChI=1S/C15H19NOS/c1-10(2)13(8-17)14-9-18-15(16-14)12-6-4-11(3)5-7-12/h4-7,9-10,13,17H,8H2,1-3H3. The largest absolute Gasteiger partial charge is 0.396 e. The number of benzene rings is 1. The Morgan fingerprint density at radius 1 is 1.22 bits per heavy atom. The molecule has 2 nitrogen and oxygen atoms in total. The first kappa shape index (κ1) is 13.2. The Hall–Kier alpha value is -1.19. The van der Waals surface area contributed by atoms with E-state index >= 15 is 0 Å². The topological polar surface area (TPSA) is 33.1 Å². The van der Waals surface area contributed by atoms with Crippen LogP contribution in [-0.4, -0.2) is 16.7 Å². The molecule has 0 bridgehead atoms. The quantitative estimate of drug-likeness (QED) is 0.906. The van der Waals surface area contributed by atoms with E-state index in [0.717, 1.165) is 16.3 Å². The van der Waals surface area contributed by atoms with E-state index in [2.05, 4.69) is 55.4 Å². The highest BCUT2D eigenvalue weighted by Crippen LogP contribution is 2.30. The first-order valence-electron chi connectivity index (χ1n) is 6.25. The second-order valence-corrected chi connectivity index (χ2v) is 5.83. The summed E-state index contributed by atoms with van der Waals surface area (Å²) in [6, 6.07) is 8.40. The zero-order chi connectivity index (χ0) is 13.1. The van der Waals surface area contributed by atoms with Crippen molar-refractivity contribution < 1.29 is 5.11 Å². The predicted molar refractivity (Wildman–Crippen MR) is 77.0 cm³/mol. The summed E-state index contributed by atoms with van der Waals surface area (Å²) < 4.78 is 0. The Morgan fingerprint density at radius 2 is 1.89 bits per heavy atom. The van der Waals surface area contributed by atoms with Gasteiger partial charge in [0.2, 0.25) is 0 Å². The number of aryl methyl sites for hydroxylation is 1. The molecular weight excluding hydrogens is 242 g/mol. The van der Waals surface area contributed by atoms with Crippen LogP contribution in [-0.2, 0) is 0 Å². The number of aliphatic hydroxyl groups excluding tert-OH is 1. The maximum Gasteiger partial charge on any atom is 0.123 e. The zero-order valence-electron chi connectivity index (χ0n) is 11.1. The number of rotatable bonds is 4. The second-order valence-electron chi connectivity index (χ2n) is 4.98. The van der Waals surface area contributed by atoms with Crippen LogP contribution in [0.2, 0.25) is 0 Å². The summed E-state index contributed by atoms with van der Waals surface area (Å²) in [5, 5.41) is 12.5. The smallest absolute Gasteiger partial charge is 0.123 e. The van der Waals surface area contributed by atoms with Gasteiger partial charge < -0.3 is 5.11 Å². The van der Waals surface area contributed by atoms with E-state index in [-0.39, 0.29) is 12.5 Å². The van der Waals surface area contributed by atoms with Crippen LogP contribution in [0, 0.1) is 12.8 Å². The summed E-state index contributed by atoms with van der Waals surface area (Å²) in [5.41, 5.74) is 3.41. The van der Waals surface area contributed by atoms with Gasteiger partial charge in [-0.2, -0.15) is 0 Å². The lowest BCUT2D eigenvalue weighted by atomic mass is 9.94. The zero-order valence-corrected chi connectivity index (χ0v) is 11.9. The van der Waals surface area contributed by atoms with Gasteiger partial charge in [0.15, 0.2) is 0 Å². The van der Waals surface area contributed by atoms with Gasteiger partial charge >= 0.3 is 0 Å². The lowest BCUT2D eigenvalue weighted by molar-refractivity contribution is 0.235. The molecule has 0 aliphatic carbocycles. The molecule has 1 N–H and O–H groups in total. The van der Waals surface area contributed by atoms with Crippen LogP contribution in [0.1, 0.15) is 31.0 Å². The molecule has 18 heavy (non-hydrogen) atoms. The molecule has 2 aromatic rings. The van der Waals surface area contributed by atoms with Gasteiger partial charge in [-0.25, -0.2) is 4.98 Å². The third kappa shape index (κ3) is 2.79. The molecule has 1 atom stereocenters. The molecule has 96 valence electrons. The molecule has 0 saturated carbocycles. The van der Waals surface area contributed by atoms with Gasteiger partial charge in [-0.3, -0.25) is 0 Å². The number of nitrogens with zero attached hydrogens (tertiary/aromatic N) is 1. The molecule has 1 aromatic heterocycles. The van der Waals surface area contributed by atoms with E-state index in [1.54, 1.807) is 11.3 Å². The molecule has 3 heteroatoms. The van der Waals surface area contributed by atoms with E-state index < -0.39 is 0 Å². The molecule has 0 radical (unpaired) electrons. The van der Waals surface area contributed by atoms with Crippen LogP contribution in [0.25, 0.3) is 10.6 Å². The highest BCUT2D eigenvalue weighted by atomic mass is 32.1. The Bertz CT molecular complexity index is 501. The van der Waals surface area contributed by atoms with Crippen LogP contribution < -0.4 is 0 Å². The molecule has 0 fully saturated rings. The Morgan fingerprint density at radius 3 is 2.44 bits per heavy atom. The van der Waals surface area contributed by atoms with E-state index in [9.17, 15) is 5.11 Å². The van der Waals surface area contributed by atoms with Gasteiger partial charge in [0.1, 0.15) is 5.01 Å². The minimum atomic E-state index is 0.139. The molecule has 0 saturated heterocycles. The normalized spacial score (nSPS) is 12.9. The van der Waals surface area contributed by atoms with E-state index in [4.69, 9.17) is 0 Å². The van der Waals surface area contributed by atoms with Crippen molar-refractivity contribution >= 4 is 11.3 Å². The van der Waals surface area contributed by atoms with Crippen molar-refractivity contribution in [1.29, 1.82) is 0 Å². The average Bonchev–Trinajstić information content (AvgIpc) is 2.80. The van der Waals surface area contributed by atoms with Gasteiger partial charge in [0.25, 0.3) is 0 Å². The summed E-state index contributed by atoms with van der Waals surface area (Å²) in [7, 11) is 0. The third-order valence-corrected chi connectivity index (χ3v) is 4.11. The van der Waals surface area contributed by atoms with Crippen LogP contribution in [0.3, 0.4) is 0 Å². The van der Waals surface area contributed by atoms with Crippen molar-refractivity contribution in [2.24, 2.45) is 5.92 Å². The van der Waals surface area contributed by atoms with Crippen molar-refractivity contribution in [2.75, 3.05) is 6.61 Å². The van der Waals surface area contributed by atoms with Gasteiger partial charge in [-0.05, 0) is 12.8 Å². The average molecular weight is 261 g/mol. The SMILES string of the molecule is Cc1ccc(-c2nc(C(CO)C(C)C)cs2)cc1. The molecular formula is C15H19NOS. The fourth-order valence-corrected chi connectivity index (χ4v) is 2.82. The van der Waals surface area contributed by atoms with E-state index in [0.29, 0.717) is 5.92 Å². The second kappa shape index (κ2) is 5.63. The third-order valence-electron chi connectivity index (χ3n) is 3.20. The summed E-state index contributed by atoms with van der Waals surface area (Å²) in [4.78, 5) is 4.66. The van der Waals surface area contributed by atoms with Gasteiger partial charge in [0, 0.05) is 16.9 Å². The summed E-state index contributed by atoms with van der Waals surface area (Å²) >= 11 is 1.65. The van der Waals surface area contributed by atoms with Crippen molar-refractivity contribution in [2.45, 2.75) is 26.7 Å². The number of hydrogen-bond acceptors (Lipinski definition) is 3. The predicted octanol–water partition coefficient (Wildman–Crippen LogP) is 3.85. The molecule has 1 heterocycles. The summed E-state index contributed by atoms with van der Waals surface area (Å²) in [5.74, 6) is 0.545. The maximum atomic E-state index is 9.43. The van der Waals surface area contributed by atoms with Crippen molar-refractivity contribution in [3.8, 4) is 10.6 Å². The van der Waals surface area contributed by atoms with E-state index in [1.807, 2.05) is 0 Å². The number of aliphatic hydroxyl groups is 1. The van der Waals surface area contributed by atoms with Crippen molar-refractivity contribution in [3.05, 3.63) is 40.9 Å². The minimum Gasteiger partial charge on any atom is -0.396 e. The first-order chi connectivity index (χ1) is 8.61. The van der Waals surface area contributed by atoms with Crippen molar-refractivity contribution in [3.63, 3.8) is 0 Å². The molecule has 0 amide bonds. The lowest BCUT2D eigenvalue weighted by Gasteiger charge is -2.15. The number of hydrogen-bond donors (Lipinski definition) is 1. The van der Waals surface area contributed by atoms with Crippen LogP contribution in [0.5, 0.6) is 0 Å². The fraction of sp³-hybridized carbons (Fsp3) is 0.400. The molecule has 1 aromatic carbocycles. The summed E-state index contributed by atoms with van der Waals surface area (Å²) in [6.45, 7) is 6.48. The first-order valence-corrected chi connectivity index (χ1v) is 7.13. The highest BCUT2D eigenvalue weighted by Gasteiger charge is 2.18. The van der Waals surface area contributed by atoms with Crippen LogP contribution >= 0.6 is 11.3 Å². The molecule has 2 rings (SSSR count). The van der Waals surface area contributed by atoms with Gasteiger partial charge in [-0.1, -0.05) is 43.7 Å².